The molecule has 0 amide bonds. The highest BCUT2D eigenvalue weighted by molar-refractivity contribution is 5.56. The molecule has 1 saturated carbocycles. The van der Waals surface area contributed by atoms with Crippen LogP contribution in [-0.2, 0) is 7.05 Å². The summed E-state index contributed by atoms with van der Waals surface area (Å²) in [6.45, 7) is 1.74. The summed E-state index contributed by atoms with van der Waals surface area (Å²) in [6.07, 6.45) is 3.21. The quantitative estimate of drug-likeness (QED) is 0.661. The average Bonchev–Trinajstić information content (AvgIpc) is 2.66. The van der Waals surface area contributed by atoms with Gasteiger partial charge in [0.05, 0.1) is 12.1 Å². The molecule has 2 rings (SSSR count). The van der Waals surface area contributed by atoms with E-state index in [0.29, 0.717) is 11.6 Å². The molecule has 1 fully saturated rings. The summed E-state index contributed by atoms with van der Waals surface area (Å²) in [5, 5.41) is 21.2. The van der Waals surface area contributed by atoms with Crippen LogP contribution in [0.3, 0.4) is 0 Å². The van der Waals surface area contributed by atoms with Crippen LogP contribution in [0.1, 0.15) is 31.5 Å². The summed E-state index contributed by atoms with van der Waals surface area (Å²) in [6, 6.07) is -0.0813. The number of likely N-dealkylation sites (N-methyl/N-ethyl adjacent to an activating group) is 1. The van der Waals surface area contributed by atoms with E-state index in [0.717, 1.165) is 25.7 Å². The van der Waals surface area contributed by atoms with E-state index < -0.39 is 11.0 Å². The van der Waals surface area contributed by atoms with Gasteiger partial charge in [-0.25, -0.2) is 0 Å². The fourth-order valence-electron chi connectivity index (χ4n) is 2.80. The molecular formula is C12H20N4O3. The van der Waals surface area contributed by atoms with E-state index >= 15 is 0 Å². The van der Waals surface area contributed by atoms with Crippen LogP contribution in [0, 0.1) is 17.0 Å². The lowest BCUT2D eigenvalue weighted by molar-refractivity contribution is -0.388. The van der Waals surface area contributed by atoms with Gasteiger partial charge in [-0.3, -0.25) is 4.57 Å². The fraction of sp³-hybridized carbons (Fsp3) is 0.750. The number of imidazole rings is 1. The molecule has 1 aromatic heterocycles. The van der Waals surface area contributed by atoms with Gasteiger partial charge in [-0.1, -0.05) is 12.8 Å². The van der Waals surface area contributed by atoms with Crippen LogP contribution in [0.5, 0.6) is 0 Å². The number of aryl methyl sites for hydroxylation is 1. The number of nitro groups is 1. The normalized spacial score (nSPS) is 23.4. The molecule has 0 bridgehead atoms. The molecule has 2 atom stereocenters. The van der Waals surface area contributed by atoms with Gasteiger partial charge in [0, 0.05) is 21.0 Å². The monoisotopic (exact) mass is 268 g/mol. The number of aliphatic hydroxyl groups excluding tert-OH is 1. The Bertz CT molecular complexity index is 486. The van der Waals surface area contributed by atoms with Crippen molar-refractivity contribution < 1.29 is 10.0 Å². The Balaban J connectivity index is 2.37. The number of aromatic nitrogens is 2. The van der Waals surface area contributed by atoms with Crippen molar-refractivity contribution >= 4 is 11.6 Å². The van der Waals surface area contributed by atoms with Crippen molar-refractivity contribution in [3.63, 3.8) is 0 Å². The van der Waals surface area contributed by atoms with Crippen molar-refractivity contribution in [3.8, 4) is 0 Å². The Morgan fingerprint density at radius 2 is 2.11 bits per heavy atom. The molecule has 0 aromatic carbocycles. The molecular weight excluding hydrogens is 248 g/mol. The van der Waals surface area contributed by atoms with Crippen LogP contribution < -0.4 is 4.90 Å². The van der Waals surface area contributed by atoms with Gasteiger partial charge < -0.3 is 20.1 Å². The van der Waals surface area contributed by atoms with E-state index in [-0.39, 0.29) is 11.9 Å². The van der Waals surface area contributed by atoms with Crippen molar-refractivity contribution in [1.29, 1.82) is 0 Å². The lowest BCUT2D eigenvalue weighted by Crippen LogP contribution is -2.44. The first-order valence-corrected chi connectivity index (χ1v) is 6.52. The Morgan fingerprint density at radius 3 is 2.68 bits per heavy atom. The molecule has 1 heterocycles. The molecule has 1 aliphatic carbocycles. The second kappa shape index (κ2) is 5.16. The van der Waals surface area contributed by atoms with Crippen LogP contribution in [0.2, 0.25) is 0 Å². The summed E-state index contributed by atoms with van der Waals surface area (Å²) in [5.74, 6) is 0.924. The number of anilines is 1. The minimum absolute atomic E-state index is 0.0813. The topological polar surface area (TPSA) is 84.4 Å². The number of rotatable bonds is 3. The van der Waals surface area contributed by atoms with Gasteiger partial charge in [-0.2, -0.15) is 0 Å². The smallest absolute Gasteiger partial charge is 0.391 e. The van der Waals surface area contributed by atoms with Gasteiger partial charge in [0.1, 0.15) is 0 Å². The molecule has 1 aromatic rings. The zero-order valence-corrected chi connectivity index (χ0v) is 11.5. The third-order valence-electron chi connectivity index (χ3n) is 3.97. The molecule has 19 heavy (non-hydrogen) atoms. The summed E-state index contributed by atoms with van der Waals surface area (Å²) in [5.41, 5.74) is 0. The molecule has 106 valence electrons. The van der Waals surface area contributed by atoms with Crippen molar-refractivity contribution in [2.45, 2.75) is 44.8 Å². The van der Waals surface area contributed by atoms with Crippen LogP contribution in [0.25, 0.3) is 0 Å². The number of aliphatic hydroxyl groups is 1. The third-order valence-corrected chi connectivity index (χ3v) is 3.97. The lowest BCUT2D eigenvalue weighted by Gasteiger charge is -2.35. The van der Waals surface area contributed by atoms with Gasteiger partial charge in [0.2, 0.25) is 11.6 Å². The predicted octanol–water partition coefficient (Wildman–Crippen LogP) is 1.38. The van der Waals surface area contributed by atoms with Crippen molar-refractivity contribution in [1.82, 2.24) is 9.55 Å². The highest BCUT2D eigenvalue weighted by Gasteiger charge is 2.34. The first-order valence-electron chi connectivity index (χ1n) is 6.52. The standard InChI is InChI=1S/C12H20N4O3/c1-8-13-11(16(18)19)12(14(8)2)15(3)9-6-4-5-7-10(9)17/h9-10,17H,4-7H2,1-3H3. The van der Waals surface area contributed by atoms with Crippen molar-refractivity contribution in [2.24, 2.45) is 7.05 Å². The minimum Gasteiger partial charge on any atom is -0.391 e. The van der Waals surface area contributed by atoms with Crippen LogP contribution >= 0.6 is 0 Å². The first kappa shape index (κ1) is 13.8. The van der Waals surface area contributed by atoms with E-state index in [4.69, 9.17) is 0 Å². The summed E-state index contributed by atoms with van der Waals surface area (Å²) in [4.78, 5) is 16.4. The van der Waals surface area contributed by atoms with Crippen LogP contribution in [0.4, 0.5) is 11.6 Å². The second-order valence-electron chi connectivity index (χ2n) is 5.15. The molecule has 0 saturated heterocycles. The average molecular weight is 268 g/mol. The van der Waals surface area contributed by atoms with E-state index in [1.54, 1.807) is 25.6 Å². The Kier molecular flexibility index (Phi) is 3.75. The van der Waals surface area contributed by atoms with Crippen molar-refractivity contribution in [3.05, 3.63) is 15.9 Å². The molecule has 7 nitrogen and oxygen atoms in total. The van der Waals surface area contributed by atoms with Gasteiger partial charge in [-0.05, 0) is 22.7 Å². The van der Waals surface area contributed by atoms with E-state index in [1.165, 1.54) is 0 Å². The van der Waals surface area contributed by atoms with Gasteiger partial charge in [0.25, 0.3) is 0 Å². The largest absolute Gasteiger partial charge is 0.406 e. The summed E-state index contributed by atoms with van der Waals surface area (Å²) < 4.78 is 1.71. The second-order valence-corrected chi connectivity index (χ2v) is 5.15. The van der Waals surface area contributed by atoms with Crippen LogP contribution in [-0.4, -0.2) is 38.8 Å². The van der Waals surface area contributed by atoms with E-state index in [1.807, 2.05) is 4.90 Å². The van der Waals surface area contributed by atoms with E-state index in [9.17, 15) is 15.2 Å². The molecule has 0 spiro atoms. The summed E-state index contributed by atoms with van der Waals surface area (Å²) >= 11 is 0. The molecule has 7 heteroatoms. The van der Waals surface area contributed by atoms with Gasteiger partial charge in [0.15, 0.2) is 0 Å². The maximum Gasteiger partial charge on any atom is 0.406 e. The first-order chi connectivity index (χ1) is 8.93. The van der Waals surface area contributed by atoms with E-state index in [2.05, 4.69) is 4.98 Å². The zero-order chi connectivity index (χ0) is 14.2. The SMILES string of the molecule is Cc1nc([N+](=O)[O-])c(N(C)C2CCCCC2O)n1C. The van der Waals surface area contributed by atoms with Gasteiger partial charge in [-0.15, -0.1) is 0 Å². The molecule has 2 unspecified atom stereocenters. The molecule has 1 N–H and O–H groups in total. The minimum atomic E-state index is -0.464. The Labute approximate surface area is 112 Å². The lowest BCUT2D eigenvalue weighted by atomic mass is 9.91. The predicted molar refractivity (Wildman–Crippen MR) is 71.3 cm³/mol. The Hall–Kier alpha value is -1.63. The third kappa shape index (κ3) is 2.42. The Morgan fingerprint density at radius 1 is 1.47 bits per heavy atom. The molecule has 0 radical (unpaired) electrons. The maximum atomic E-state index is 11.1. The van der Waals surface area contributed by atoms with Gasteiger partial charge >= 0.3 is 5.82 Å². The zero-order valence-electron chi connectivity index (χ0n) is 11.5. The summed E-state index contributed by atoms with van der Waals surface area (Å²) in [7, 11) is 3.55. The highest BCUT2D eigenvalue weighted by atomic mass is 16.6. The highest BCUT2D eigenvalue weighted by Crippen LogP contribution is 2.32. The number of nitrogens with zero attached hydrogens (tertiary/aromatic N) is 4. The number of hydrogen-bond donors (Lipinski definition) is 1. The molecule has 0 aliphatic heterocycles. The van der Waals surface area contributed by atoms with Crippen molar-refractivity contribution in [2.75, 3.05) is 11.9 Å². The fourth-order valence-corrected chi connectivity index (χ4v) is 2.80. The van der Waals surface area contributed by atoms with Crippen LogP contribution in [0.15, 0.2) is 0 Å². The maximum absolute atomic E-state index is 11.1. The molecule has 1 aliphatic rings. The number of hydrogen-bond acceptors (Lipinski definition) is 5.